The monoisotopic (exact) mass is 307 g/mol. The van der Waals surface area contributed by atoms with E-state index in [0.717, 1.165) is 0 Å². The van der Waals surface area contributed by atoms with Crippen LogP contribution in [0.4, 0.5) is 0 Å². The van der Waals surface area contributed by atoms with E-state index in [1.54, 1.807) is 0 Å². The van der Waals surface area contributed by atoms with Gasteiger partial charge in [-0.05, 0) is 19.3 Å². The number of aromatic amines is 2. The van der Waals surface area contributed by atoms with Crippen molar-refractivity contribution in [1.82, 2.24) is 14.5 Å². The Hall–Kier alpha value is -2.83. The van der Waals surface area contributed by atoms with Crippen molar-refractivity contribution in [2.45, 2.75) is 37.9 Å². The quantitative estimate of drug-likeness (QED) is 0.538. The number of rotatable bonds is 4. The lowest BCUT2D eigenvalue weighted by Crippen LogP contribution is -2.46. The molecule has 1 aromatic rings. The highest BCUT2D eigenvalue weighted by molar-refractivity contribution is 5.34. The summed E-state index contributed by atoms with van der Waals surface area (Å²) in [5.74, 6) is -0.359. The fourth-order valence-electron chi connectivity index (χ4n) is 2.77. The SMILES string of the molecule is O=C=NC1CCCC(C(N=C=O)n2c(=O)[nH]c(=O)[nH]c2=O)C1. The summed E-state index contributed by atoms with van der Waals surface area (Å²) in [5, 5.41) is 0. The standard InChI is InChI=1S/C12H13N5O5/c18-5-13-8-3-1-2-7(4-8)9(14-6-19)17-11(21)15-10(20)16-12(17)22/h7-9H,1-4H2,(H2,15,16,20,21,22). The zero-order chi connectivity index (χ0) is 16.1. The summed E-state index contributed by atoms with van der Waals surface area (Å²) in [6.45, 7) is 0. The van der Waals surface area contributed by atoms with E-state index in [0.29, 0.717) is 30.3 Å². The largest absolute Gasteiger partial charge is 0.335 e. The Bertz CT molecular complexity index is 774. The number of isocyanates is 2. The fourth-order valence-corrected chi connectivity index (χ4v) is 2.77. The summed E-state index contributed by atoms with van der Waals surface area (Å²) >= 11 is 0. The van der Waals surface area contributed by atoms with E-state index < -0.39 is 23.2 Å². The number of nitrogens with one attached hydrogen (secondary N) is 2. The second-order valence-electron chi connectivity index (χ2n) is 4.99. The van der Waals surface area contributed by atoms with E-state index in [9.17, 15) is 24.0 Å². The molecule has 0 spiro atoms. The molecule has 2 N–H and O–H groups in total. The van der Waals surface area contributed by atoms with Crippen LogP contribution < -0.4 is 17.1 Å². The molecule has 10 nitrogen and oxygen atoms in total. The van der Waals surface area contributed by atoms with Gasteiger partial charge in [0.05, 0.1) is 6.04 Å². The van der Waals surface area contributed by atoms with Gasteiger partial charge in [-0.15, -0.1) is 0 Å². The van der Waals surface area contributed by atoms with Gasteiger partial charge in [-0.25, -0.2) is 33.5 Å². The van der Waals surface area contributed by atoms with Gasteiger partial charge in [0.25, 0.3) is 0 Å². The van der Waals surface area contributed by atoms with Crippen LogP contribution in [0.5, 0.6) is 0 Å². The minimum absolute atomic E-state index is 0.293. The third-order valence-corrected chi connectivity index (χ3v) is 3.67. The lowest BCUT2D eigenvalue weighted by Gasteiger charge is -2.29. The highest BCUT2D eigenvalue weighted by atomic mass is 16.2. The molecule has 0 aromatic carbocycles. The van der Waals surface area contributed by atoms with E-state index in [4.69, 9.17) is 0 Å². The minimum atomic E-state index is -1.10. The lowest BCUT2D eigenvalue weighted by atomic mass is 9.84. The number of carbonyl (C=O) groups excluding carboxylic acids is 2. The molecule has 116 valence electrons. The van der Waals surface area contributed by atoms with Gasteiger partial charge < -0.3 is 0 Å². The third kappa shape index (κ3) is 3.25. The first-order valence-electron chi connectivity index (χ1n) is 6.66. The van der Waals surface area contributed by atoms with Crippen molar-refractivity contribution in [3.63, 3.8) is 0 Å². The summed E-state index contributed by atoms with van der Waals surface area (Å²) in [6, 6.07) is -0.293. The van der Waals surface area contributed by atoms with Crippen LogP contribution in [0.25, 0.3) is 0 Å². The predicted octanol–water partition coefficient (Wildman–Crippen LogP) is -1.05. The van der Waals surface area contributed by atoms with Gasteiger partial charge in [-0.1, -0.05) is 6.42 Å². The molecule has 0 radical (unpaired) electrons. The number of H-pyrrole nitrogens is 2. The first kappa shape index (κ1) is 15.6. The zero-order valence-corrected chi connectivity index (χ0v) is 11.4. The normalized spacial score (nSPS) is 22.2. The number of hydrogen-bond acceptors (Lipinski definition) is 7. The van der Waals surface area contributed by atoms with Crippen LogP contribution in [0.1, 0.15) is 31.8 Å². The summed E-state index contributed by atoms with van der Waals surface area (Å²) in [6.07, 6.45) is 4.06. The Morgan fingerprint density at radius 1 is 1.09 bits per heavy atom. The molecule has 3 unspecified atom stereocenters. The molecule has 1 heterocycles. The predicted molar refractivity (Wildman–Crippen MR) is 73.0 cm³/mol. The first-order valence-corrected chi connectivity index (χ1v) is 6.66. The van der Waals surface area contributed by atoms with Crippen LogP contribution in [0, 0.1) is 5.92 Å². The second-order valence-corrected chi connectivity index (χ2v) is 4.99. The Balaban J connectivity index is 2.45. The number of hydrogen-bond donors (Lipinski definition) is 2. The lowest BCUT2D eigenvalue weighted by molar-refractivity contribution is 0.226. The number of nitrogens with zero attached hydrogens (tertiary/aromatic N) is 3. The Morgan fingerprint density at radius 3 is 2.36 bits per heavy atom. The van der Waals surface area contributed by atoms with Crippen LogP contribution in [0.2, 0.25) is 0 Å². The minimum Gasteiger partial charge on any atom is -0.259 e. The molecule has 10 heteroatoms. The Labute approximate surface area is 122 Å². The second kappa shape index (κ2) is 6.75. The summed E-state index contributed by atoms with van der Waals surface area (Å²) in [4.78, 5) is 66.8. The van der Waals surface area contributed by atoms with E-state index in [2.05, 4.69) is 9.98 Å². The van der Waals surface area contributed by atoms with E-state index in [1.807, 2.05) is 9.97 Å². The van der Waals surface area contributed by atoms with Gasteiger partial charge in [-0.2, -0.15) is 4.99 Å². The van der Waals surface area contributed by atoms with Gasteiger partial charge in [0, 0.05) is 5.92 Å². The molecule has 1 aliphatic carbocycles. The van der Waals surface area contributed by atoms with Gasteiger partial charge in [-0.3, -0.25) is 9.97 Å². The van der Waals surface area contributed by atoms with Gasteiger partial charge in [0.15, 0.2) is 0 Å². The van der Waals surface area contributed by atoms with Crippen molar-refractivity contribution < 1.29 is 9.59 Å². The van der Waals surface area contributed by atoms with Gasteiger partial charge in [0.2, 0.25) is 12.2 Å². The van der Waals surface area contributed by atoms with Crippen molar-refractivity contribution in [1.29, 1.82) is 0 Å². The summed E-state index contributed by atoms with van der Waals surface area (Å²) in [5.41, 5.74) is -2.86. The highest BCUT2D eigenvalue weighted by Gasteiger charge is 2.31. The maximum absolute atomic E-state index is 11.8. The molecule has 1 aromatic heterocycles. The first-order chi connectivity index (χ1) is 10.6. The Morgan fingerprint density at radius 2 is 1.77 bits per heavy atom. The molecular weight excluding hydrogens is 294 g/mol. The van der Waals surface area contributed by atoms with Crippen molar-refractivity contribution in [2.24, 2.45) is 15.9 Å². The molecule has 0 amide bonds. The van der Waals surface area contributed by atoms with Crippen LogP contribution in [0.3, 0.4) is 0 Å². The summed E-state index contributed by atoms with van der Waals surface area (Å²) in [7, 11) is 0. The maximum atomic E-state index is 11.8. The van der Waals surface area contributed by atoms with Crippen LogP contribution in [-0.2, 0) is 9.59 Å². The van der Waals surface area contributed by atoms with E-state index in [-0.39, 0.29) is 12.0 Å². The fraction of sp³-hybridized carbons (Fsp3) is 0.583. The molecule has 22 heavy (non-hydrogen) atoms. The Kier molecular flexibility index (Phi) is 4.77. The molecule has 0 aliphatic heterocycles. The van der Waals surface area contributed by atoms with E-state index in [1.165, 1.54) is 12.2 Å². The zero-order valence-electron chi connectivity index (χ0n) is 11.4. The van der Waals surface area contributed by atoms with Crippen LogP contribution in [-0.4, -0.2) is 32.7 Å². The van der Waals surface area contributed by atoms with Crippen molar-refractivity contribution in [2.75, 3.05) is 0 Å². The van der Waals surface area contributed by atoms with E-state index >= 15 is 0 Å². The maximum Gasteiger partial charge on any atom is 0.335 e. The summed E-state index contributed by atoms with van der Waals surface area (Å²) < 4.78 is 0.671. The average Bonchev–Trinajstić information content (AvgIpc) is 2.46. The van der Waals surface area contributed by atoms with Crippen molar-refractivity contribution in [3.8, 4) is 0 Å². The molecule has 2 rings (SSSR count). The average molecular weight is 307 g/mol. The third-order valence-electron chi connectivity index (χ3n) is 3.67. The molecule has 0 bridgehead atoms. The van der Waals surface area contributed by atoms with Crippen LogP contribution in [0.15, 0.2) is 24.4 Å². The molecule has 1 fully saturated rings. The smallest absolute Gasteiger partial charge is 0.259 e. The van der Waals surface area contributed by atoms with Gasteiger partial charge in [0.1, 0.15) is 6.17 Å². The van der Waals surface area contributed by atoms with Crippen LogP contribution >= 0.6 is 0 Å². The van der Waals surface area contributed by atoms with Crippen molar-refractivity contribution >= 4 is 12.2 Å². The molecule has 1 saturated carbocycles. The van der Waals surface area contributed by atoms with Gasteiger partial charge >= 0.3 is 17.1 Å². The molecule has 1 aliphatic rings. The molecular formula is C12H13N5O5. The number of aliphatic imine (C=N–C) groups is 2. The number of aromatic nitrogens is 3. The topological polar surface area (TPSA) is 147 Å². The molecule has 0 saturated heterocycles. The van der Waals surface area contributed by atoms with Crippen molar-refractivity contribution in [3.05, 3.63) is 31.5 Å². The molecule has 3 atom stereocenters. The highest BCUT2D eigenvalue weighted by Crippen LogP contribution is 2.33.